The average Bonchev–Trinajstić information content (AvgIpc) is 3.09. The Morgan fingerprint density at radius 2 is 1.68 bits per heavy atom. The molecule has 2 aliphatic heterocycles. The van der Waals surface area contributed by atoms with Gasteiger partial charge in [0.15, 0.2) is 0 Å². The van der Waals surface area contributed by atoms with Crippen molar-refractivity contribution in [2.75, 3.05) is 19.8 Å². The van der Waals surface area contributed by atoms with Gasteiger partial charge < -0.3 is 14.6 Å². The molecule has 0 spiro atoms. The Balaban J connectivity index is 1.32. The molecule has 160 valence electrons. The van der Waals surface area contributed by atoms with E-state index in [2.05, 4.69) is 36.1 Å². The lowest BCUT2D eigenvalue weighted by molar-refractivity contribution is -0.131. The van der Waals surface area contributed by atoms with Crippen molar-refractivity contribution < 1.29 is 19.4 Å². The second-order valence-corrected chi connectivity index (χ2v) is 8.79. The maximum absolute atomic E-state index is 13.2. The van der Waals surface area contributed by atoms with E-state index >= 15 is 0 Å². The number of piperidine rings is 1. The van der Waals surface area contributed by atoms with E-state index in [0.29, 0.717) is 39.1 Å². The first kappa shape index (κ1) is 20.1. The number of nitrogens with zero attached hydrogens (tertiary/aromatic N) is 1. The van der Waals surface area contributed by atoms with Crippen LogP contribution >= 0.6 is 0 Å². The van der Waals surface area contributed by atoms with Gasteiger partial charge in [0, 0.05) is 12.3 Å². The zero-order valence-electron chi connectivity index (χ0n) is 17.7. The highest BCUT2D eigenvalue weighted by Gasteiger charge is 2.48. The van der Waals surface area contributed by atoms with Gasteiger partial charge in [-0.15, -0.1) is 11.8 Å². The molecule has 0 aromatic heterocycles. The largest absolute Gasteiger partial charge is 0.448 e. The Bertz CT molecular complexity index is 993. The smallest absolute Gasteiger partial charge is 0.410 e. The van der Waals surface area contributed by atoms with Crippen molar-refractivity contribution in [2.45, 2.75) is 49.8 Å². The number of morpholine rings is 1. The number of aliphatic hydroxyl groups is 1. The van der Waals surface area contributed by atoms with E-state index < -0.39 is 5.60 Å². The number of fused-ring (bicyclic) bond motifs is 5. The molecule has 2 aromatic carbocycles. The predicted octanol–water partition coefficient (Wildman–Crippen LogP) is 3.94. The van der Waals surface area contributed by atoms with Gasteiger partial charge in [0.05, 0.1) is 30.9 Å². The average molecular weight is 418 g/mol. The van der Waals surface area contributed by atoms with Gasteiger partial charge in [-0.2, -0.15) is 0 Å². The number of benzene rings is 2. The fourth-order valence-electron chi connectivity index (χ4n) is 5.44. The molecule has 2 saturated heterocycles. The summed E-state index contributed by atoms with van der Waals surface area (Å²) in [6, 6.07) is 16.3. The highest BCUT2D eigenvalue weighted by molar-refractivity contribution is 5.79. The maximum Gasteiger partial charge on any atom is 0.410 e. The molecule has 2 bridgehead atoms. The first-order valence-electron chi connectivity index (χ1n) is 10.9. The number of rotatable bonds is 3. The van der Waals surface area contributed by atoms with E-state index in [-0.39, 0.29) is 24.1 Å². The molecule has 0 radical (unpaired) electrons. The molecule has 1 N–H and O–H groups in total. The monoisotopic (exact) mass is 417 g/mol. The molecule has 1 aliphatic carbocycles. The normalized spacial score (nSPS) is 26.5. The molecule has 2 aromatic rings. The summed E-state index contributed by atoms with van der Waals surface area (Å²) in [5, 5.41) is 11.0. The van der Waals surface area contributed by atoms with Crippen LogP contribution in [0.3, 0.4) is 0 Å². The third kappa shape index (κ3) is 3.60. The highest BCUT2D eigenvalue weighted by atomic mass is 16.6. The second-order valence-electron chi connectivity index (χ2n) is 8.79. The van der Waals surface area contributed by atoms with E-state index in [1.54, 1.807) is 11.8 Å². The van der Waals surface area contributed by atoms with E-state index in [1.165, 1.54) is 22.3 Å². The van der Waals surface area contributed by atoms with Gasteiger partial charge in [-0.05, 0) is 42.0 Å². The fraction of sp³-hybridized carbons (Fsp3) is 0.423. The van der Waals surface area contributed by atoms with Crippen LogP contribution in [0.25, 0.3) is 11.1 Å². The molecular formula is C26H27NO4. The summed E-state index contributed by atoms with van der Waals surface area (Å²) >= 11 is 0. The molecule has 31 heavy (non-hydrogen) atoms. The SMILES string of the molecule is CC#CCC1(O)CC2COCC(C1)N2C(=O)OCC1c2ccccc2-c2ccccc21. The van der Waals surface area contributed by atoms with Gasteiger partial charge >= 0.3 is 6.09 Å². The summed E-state index contributed by atoms with van der Waals surface area (Å²) in [7, 11) is 0. The van der Waals surface area contributed by atoms with Gasteiger partial charge in [0.1, 0.15) is 6.61 Å². The quantitative estimate of drug-likeness (QED) is 0.769. The van der Waals surface area contributed by atoms with Crippen LogP contribution in [0.15, 0.2) is 48.5 Å². The topological polar surface area (TPSA) is 59.0 Å². The van der Waals surface area contributed by atoms with Gasteiger partial charge in [-0.1, -0.05) is 48.5 Å². The minimum atomic E-state index is -0.873. The summed E-state index contributed by atoms with van der Waals surface area (Å²) in [6.07, 6.45) is 1.03. The molecule has 5 heteroatoms. The first-order chi connectivity index (χ1) is 15.1. The Kier molecular flexibility index (Phi) is 5.21. The van der Waals surface area contributed by atoms with Crippen molar-refractivity contribution >= 4 is 6.09 Å². The van der Waals surface area contributed by atoms with E-state index in [9.17, 15) is 9.90 Å². The van der Waals surface area contributed by atoms with Crippen LogP contribution in [-0.4, -0.2) is 53.6 Å². The van der Waals surface area contributed by atoms with Crippen LogP contribution in [0.5, 0.6) is 0 Å². The minimum absolute atomic E-state index is 0.0361. The molecule has 2 unspecified atom stereocenters. The number of carbonyl (C=O) groups is 1. The lowest BCUT2D eigenvalue weighted by Crippen LogP contribution is -2.63. The molecule has 3 aliphatic rings. The lowest BCUT2D eigenvalue weighted by atomic mass is 9.79. The lowest BCUT2D eigenvalue weighted by Gasteiger charge is -2.50. The molecular weight excluding hydrogens is 390 g/mol. The number of carbonyl (C=O) groups excluding carboxylic acids is 1. The first-order valence-corrected chi connectivity index (χ1v) is 10.9. The molecule has 2 fully saturated rings. The number of amides is 1. The number of hydrogen-bond acceptors (Lipinski definition) is 4. The van der Waals surface area contributed by atoms with Crippen LogP contribution < -0.4 is 0 Å². The van der Waals surface area contributed by atoms with Gasteiger partial charge in [-0.25, -0.2) is 4.79 Å². The van der Waals surface area contributed by atoms with Crippen molar-refractivity contribution in [3.8, 4) is 23.0 Å². The van der Waals surface area contributed by atoms with Crippen molar-refractivity contribution in [1.29, 1.82) is 0 Å². The molecule has 0 saturated carbocycles. The summed E-state index contributed by atoms with van der Waals surface area (Å²) in [6.45, 7) is 2.92. The molecule has 2 heterocycles. The van der Waals surface area contributed by atoms with Crippen molar-refractivity contribution in [2.24, 2.45) is 0 Å². The summed E-state index contributed by atoms with van der Waals surface area (Å²) < 4.78 is 11.6. The Labute approximate surface area is 183 Å². The second kappa shape index (κ2) is 8.03. The van der Waals surface area contributed by atoms with Gasteiger partial charge in [-0.3, -0.25) is 4.90 Å². The van der Waals surface area contributed by atoms with Crippen molar-refractivity contribution in [3.05, 3.63) is 59.7 Å². The van der Waals surface area contributed by atoms with E-state index in [1.807, 2.05) is 24.3 Å². The van der Waals surface area contributed by atoms with E-state index in [0.717, 1.165) is 0 Å². The third-order valence-electron chi connectivity index (χ3n) is 6.78. The summed E-state index contributed by atoms with van der Waals surface area (Å²) in [4.78, 5) is 15.0. The zero-order valence-corrected chi connectivity index (χ0v) is 17.7. The molecule has 5 rings (SSSR count). The molecule has 1 amide bonds. The standard InChI is InChI=1S/C26H27NO4/c1-2-3-12-26(29)13-18-15-30-16-19(14-26)27(18)25(28)31-17-24-22-10-6-4-8-20(22)21-9-5-7-11-23(21)24/h4-11,18-19,24,29H,12-17H2,1H3. The highest BCUT2D eigenvalue weighted by Crippen LogP contribution is 2.45. The van der Waals surface area contributed by atoms with Crippen LogP contribution in [0.1, 0.15) is 43.2 Å². The van der Waals surface area contributed by atoms with E-state index in [4.69, 9.17) is 9.47 Å². The maximum atomic E-state index is 13.2. The van der Waals surface area contributed by atoms with Gasteiger partial charge in [0.2, 0.25) is 0 Å². The Morgan fingerprint density at radius 1 is 1.10 bits per heavy atom. The Hall–Kier alpha value is -2.81. The fourth-order valence-corrected chi connectivity index (χ4v) is 5.44. The zero-order chi connectivity index (χ0) is 21.4. The minimum Gasteiger partial charge on any atom is -0.448 e. The van der Waals surface area contributed by atoms with Crippen LogP contribution in [-0.2, 0) is 9.47 Å². The van der Waals surface area contributed by atoms with Crippen LogP contribution in [0.4, 0.5) is 4.79 Å². The van der Waals surface area contributed by atoms with Gasteiger partial charge in [0.25, 0.3) is 0 Å². The van der Waals surface area contributed by atoms with Crippen LogP contribution in [0, 0.1) is 11.8 Å². The van der Waals surface area contributed by atoms with Crippen molar-refractivity contribution in [1.82, 2.24) is 4.90 Å². The predicted molar refractivity (Wildman–Crippen MR) is 118 cm³/mol. The molecule has 5 nitrogen and oxygen atoms in total. The van der Waals surface area contributed by atoms with Crippen molar-refractivity contribution in [3.63, 3.8) is 0 Å². The Morgan fingerprint density at radius 3 is 2.26 bits per heavy atom. The number of hydrogen-bond donors (Lipinski definition) is 1. The summed E-state index contributed by atoms with van der Waals surface area (Å²) in [5.74, 6) is 5.89. The number of ether oxygens (including phenoxy) is 2. The van der Waals surface area contributed by atoms with Crippen LogP contribution in [0.2, 0.25) is 0 Å². The molecule has 2 atom stereocenters. The third-order valence-corrected chi connectivity index (χ3v) is 6.78. The summed E-state index contributed by atoms with van der Waals surface area (Å²) in [5.41, 5.74) is 3.95.